The second-order valence-corrected chi connectivity index (χ2v) is 7.52. The van der Waals surface area contributed by atoms with E-state index in [1.54, 1.807) is 12.1 Å². The highest BCUT2D eigenvalue weighted by molar-refractivity contribution is 9.10. The minimum absolute atomic E-state index is 0.119. The number of fused-ring (bicyclic) bond motifs is 1. The average Bonchev–Trinajstić information content (AvgIpc) is 3.27. The Hall–Kier alpha value is -2.85. The fourth-order valence-electron chi connectivity index (χ4n) is 2.73. The summed E-state index contributed by atoms with van der Waals surface area (Å²) < 4.78 is 2.20. The second-order valence-electron chi connectivity index (χ2n) is 5.78. The summed E-state index contributed by atoms with van der Waals surface area (Å²) >= 11 is 4.81. The molecule has 0 aliphatic carbocycles. The zero-order chi connectivity index (χ0) is 19.0. The molecule has 0 radical (unpaired) electrons. The van der Waals surface area contributed by atoms with Crippen molar-refractivity contribution in [2.24, 2.45) is 0 Å². The summed E-state index contributed by atoms with van der Waals surface area (Å²) in [6.07, 6.45) is 1.40. The van der Waals surface area contributed by atoms with Gasteiger partial charge in [-0.3, -0.25) is 24.2 Å². The maximum atomic E-state index is 12.6. The van der Waals surface area contributed by atoms with Gasteiger partial charge in [-0.2, -0.15) is 5.10 Å². The summed E-state index contributed by atoms with van der Waals surface area (Å²) in [7, 11) is 0. The molecular formula is C17H13BrN6O2S. The molecule has 4 aromatic heterocycles. The Morgan fingerprint density at radius 1 is 1.33 bits per heavy atom. The van der Waals surface area contributed by atoms with Crippen LogP contribution in [-0.4, -0.2) is 30.6 Å². The number of nitrogens with one attached hydrogen (secondary N) is 2. The lowest BCUT2D eigenvalue weighted by Gasteiger charge is -2.10. The van der Waals surface area contributed by atoms with E-state index in [-0.39, 0.29) is 18.0 Å². The molecule has 0 atom stereocenters. The number of pyridine rings is 2. The zero-order valence-electron chi connectivity index (χ0n) is 14.1. The summed E-state index contributed by atoms with van der Waals surface area (Å²) in [4.78, 5) is 33.5. The summed E-state index contributed by atoms with van der Waals surface area (Å²) in [5.74, 6) is 0.223. The average molecular weight is 445 g/mol. The fraction of sp³-hybridized carbons (Fsp3) is 0.118. The second kappa shape index (κ2) is 7.05. The number of hydrogen-bond donors (Lipinski definition) is 2. The van der Waals surface area contributed by atoms with Crippen LogP contribution in [0.3, 0.4) is 0 Å². The number of hydrogen-bond acceptors (Lipinski definition) is 6. The summed E-state index contributed by atoms with van der Waals surface area (Å²) in [6.45, 7) is 1.76. The molecule has 10 heteroatoms. The molecule has 0 bridgehead atoms. The van der Waals surface area contributed by atoms with Crippen LogP contribution in [0.5, 0.6) is 0 Å². The van der Waals surface area contributed by atoms with Crippen LogP contribution in [0.25, 0.3) is 22.4 Å². The van der Waals surface area contributed by atoms with E-state index < -0.39 is 0 Å². The van der Waals surface area contributed by atoms with Crippen LogP contribution >= 0.6 is 27.3 Å². The van der Waals surface area contributed by atoms with Gasteiger partial charge in [0.1, 0.15) is 17.9 Å². The molecular weight excluding hydrogens is 432 g/mol. The molecule has 0 unspecified atom stereocenters. The van der Waals surface area contributed by atoms with Gasteiger partial charge in [-0.15, -0.1) is 11.3 Å². The van der Waals surface area contributed by atoms with Gasteiger partial charge in [-0.25, -0.2) is 4.98 Å². The number of anilines is 1. The number of thiophene rings is 1. The number of aromatic amines is 1. The normalized spacial score (nSPS) is 11.0. The van der Waals surface area contributed by atoms with Crippen molar-refractivity contribution in [1.82, 2.24) is 24.7 Å². The topological polar surface area (TPSA) is 106 Å². The third kappa shape index (κ3) is 3.40. The van der Waals surface area contributed by atoms with Crippen LogP contribution in [0.1, 0.15) is 5.69 Å². The number of nitrogens with zero attached hydrogens (tertiary/aromatic N) is 4. The standard InChI is InChI=1S/C17H13BrN6O2S/c1-9-2-4-12-11(21-9)3-5-14(26)24(12)6-13(25)22-17-15(10(18)7-27-17)16-19-8-20-23-16/h2-5,7-8H,6H2,1H3,(H,22,25)(H,19,20,23). The Balaban J connectivity index is 1.64. The quantitative estimate of drug-likeness (QED) is 0.503. The van der Waals surface area contributed by atoms with Crippen LogP contribution in [0.4, 0.5) is 5.00 Å². The molecule has 1 amide bonds. The monoisotopic (exact) mass is 444 g/mol. The highest BCUT2D eigenvalue weighted by Crippen LogP contribution is 2.38. The van der Waals surface area contributed by atoms with Gasteiger partial charge in [0.2, 0.25) is 5.91 Å². The minimum Gasteiger partial charge on any atom is -0.315 e. The molecule has 0 aliphatic rings. The smallest absolute Gasteiger partial charge is 0.251 e. The Morgan fingerprint density at radius 3 is 2.96 bits per heavy atom. The van der Waals surface area contributed by atoms with E-state index in [1.165, 1.54) is 28.3 Å². The summed E-state index contributed by atoms with van der Waals surface area (Å²) in [5, 5.41) is 11.9. The lowest BCUT2D eigenvalue weighted by molar-refractivity contribution is -0.116. The van der Waals surface area contributed by atoms with E-state index in [2.05, 4.69) is 41.4 Å². The number of amides is 1. The van der Waals surface area contributed by atoms with Crippen LogP contribution in [0.2, 0.25) is 0 Å². The first-order valence-electron chi connectivity index (χ1n) is 7.92. The first-order valence-corrected chi connectivity index (χ1v) is 9.60. The Bertz CT molecular complexity index is 1200. The molecule has 0 spiro atoms. The van der Waals surface area contributed by atoms with Crippen LogP contribution in [0, 0.1) is 6.92 Å². The van der Waals surface area contributed by atoms with Gasteiger partial charge in [-0.05, 0) is 41.1 Å². The number of H-pyrrole nitrogens is 1. The highest BCUT2D eigenvalue weighted by atomic mass is 79.9. The molecule has 4 aromatic rings. The molecule has 0 aromatic carbocycles. The molecule has 8 nitrogen and oxygen atoms in total. The van der Waals surface area contributed by atoms with Crippen molar-refractivity contribution >= 4 is 49.2 Å². The van der Waals surface area contributed by atoms with Crippen molar-refractivity contribution in [2.45, 2.75) is 13.5 Å². The largest absolute Gasteiger partial charge is 0.315 e. The van der Waals surface area contributed by atoms with Crippen molar-refractivity contribution in [3.63, 3.8) is 0 Å². The lowest BCUT2D eigenvalue weighted by atomic mass is 10.2. The third-order valence-corrected chi connectivity index (χ3v) is 5.76. The van der Waals surface area contributed by atoms with Gasteiger partial charge in [0.15, 0.2) is 5.82 Å². The number of aryl methyl sites for hydroxylation is 1. The van der Waals surface area contributed by atoms with Gasteiger partial charge >= 0.3 is 0 Å². The molecule has 2 N–H and O–H groups in total. The van der Waals surface area contributed by atoms with Gasteiger partial charge in [0, 0.05) is 21.6 Å². The molecule has 0 saturated carbocycles. The summed E-state index contributed by atoms with van der Waals surface area (Å²) in [6, 6.07) is 6.70. The highest BCUT2D eigenvalue weighted by Gasteiger charge is 2.17. The van der Waals surface area contributed by atoms with E-state index in [1.807, 2.05) is 18.4 Å². The Morgan fingerprint density at radius 2 is 2.19 bits per heavy atom. The predicted octanol–water partition coefficient (Wildman–Crippen LogP) is 2.95. The zero-order valence-corrected chi connectivity index (χ0v) is 16.5. The molecule has 0 saturated heterocycles. The minimum atomic E-state index is -0.319. The molecule has 4 heterocycles. The van der Waals surface area contributed by atoms with Crippen LogP contribution in [-0.2, 0) is 11.3 Å². The van der Waals surface area contributed by atoms with E-state index in [4.69, 9.17) is 0 Å². The maximum absolute atomic E-state index is 12.6. The third-order valence-electron chi connectivity index (χ3n) is 3.93. The van der Waals surface area contributed by atoms with Crippen molar-refractivity contribution in [3.05, 3.63) is 56.5 Å². The van der Waals surface area contributed by atoms with E-state index >= 15 is 0 Å². The van der Waals surface area contributed by atoms with E-state index in [9.17, 15) is 9.59 Å². The first-order chi connectivity index (χ1) is 13.0. The molecule has 136 valence electrons. The van der Waals surface area contributed by atoms with E-state index in [0.717, 1.165) is 10.2 Å². The van der Waals surface area contributed by atoms with Gasteiger partial charge in [0.25, 0.3) is 5.56 Å². The molecule has 27 heavy (non-hydrogen) atoms. The van der Waals surface area contributed by atoms with E-state index in [0.29, 0.717) is 27.4 Å². The first kappa shape index (κ1) is 17.6. The van der Waals surface area contributed by atoms with Crippen molar-refractivity contribution in [2.75, 3.05) is 5.32 Å². The van der Waals surface area contributed by atoms with Gasteiger partial charge in [-0.1, -0.05) is 0 Å². The number of rotatable bonds is 4. The fourth-order valence-corrected chi connectivity index (χ4v) is 4.36. The van der Waals surface area contributed by atoms with Crippen molar-refractivity contribution < 1.29 is 4.79 Å². The Kier molecular flexibility index (Phi) is 4.58. The summed E-state index contributed by atoms with van der Waals surface area (Å²) in [5.41, 5.74) is 2.59. The lowest BCUT2D eigenvalue weighted by Crippen LogP contribution is -2.27. The Labute approximate surface area is 165 Å². The maximum Gasteiger partial charge on any atom is 0.251 e. The number of aromatic nitrogens is 5. The number of carbonyl (C=O) groups excluding carboxylic acids is 1. The number of halogens is 1. The van der Waals surface area contributed by atoms with Gasteiger partial charge < -0.3 is 5.32 Å². The van der Waals surface area contributed by atoms with Crippen molar-refractivity contribution in [3.8, 4) is 11.4 Å². The predicted molar refractivity (Wildman–Crippen MR) is 107 cm³/mol. The van der Waals surface area contributed by atoms with Crippen molar-refractivity contribution in [1.29, 1.82) is 0 Å². The van der Waals surface area contributed by atoms with Gasteiger partial charge in [0.05, 0.1) is 16.6 Å². The molecule has 4 rings (SSSR count). The van der Waals surface area contributed by atoms with Crippen LogP contribution < -0.4 is 10.9 Å². The molecule has 0 fully saturated rings. The SMILES string of the molecule is Cc1ccc2c(ccc(=O)n2CC(=O)Nc2scc(Br)c2-c2ncn[nH]2)n1. The molecule has 0 aliphatic heterocycles. The number of carbonyl (C=O) groups is 1. The van der Waals surface area contributed by atoms with Crippen LogP contribution in [0.15, 0.2) is 45.2 Å².